The third-order valence-corrected chi connectivity index (χ3v) is 5.67. The van der Waals surface area contributed by atoms with Crippen molar-refractivity contribution >= 4 is 10.0 Å². The molecule has 1 aromatic carbocycles. The van der Waals surface area contributed by atoms with Gasteiger partial charge in [0.25, 0.3) is 0 Å². The Balaban J connectivity index is 1.42. The highest BCUT2D eigenvalue weighted by atomic mass is 32.2. The van der Waals surface area contributed by atoms with E-state index in [0.29, 0.717) is 23.1 Å². The van der Waals surface area contributed by atoms with Crippen LogP contribution in [0.2, 0.25) is 0 Å². The summed E-state index contributed by atoms with van der Waals surface area (Å²) in [5, 5.41) is 7.94. The van der Waals surface area contributed by atoms with E-state index in [1.807, 2.05) is 37.3 Å². The summed E-state index contributed by atoms with van der Waals surface area (Å²) in [5.74, 6) is 1.18. The smallest absolute Gasteiger partial charge is 0.219 e. The number of rotatable bonds is 7. The van der Waals surface area contributed by atoms with Crippen LogP contribution in [-0.4, -0.2) is 18.7 Å². The molecule has 2 aromatic heterocycles. The Labute approximate surface area is 151 Å². The van der Waals surface area contributed by atoms with Crippen molar-refractivity contribution in [2.45, 2.75) is 38.0 Å². The monoisotopic (exact) mass is 373 g/mol. The summed E-state index contributed by atoms with van der Waals surface area (Å²) in [6.45, 7) is 1.93. The van der Waals surface area contributed by atoms with Crippen molar-refractivity contribution in [1.29, 1.82) is 0 Å². The maximum absolute atomic E-state index is 12.3. The van der Waals surface area contributed by atoms with Crippen LogP contribution < -0.4 is 4.72 Å². The Morgan fingerprint density at radius 3 is 2.65 bits per heavy atom. The van der Waals surface area contributed by atoms with Crippen LogP contribution in [0, 0.1) is 6.92 Å². The average molecular weight is 373 g/mol. The van der Waals surface area contributed by atoms with Crippen molar-refractivity contribution in [3.8, 4) is 11.3 Å². The third kappa shape index (κ3) is 3.71. The van der Waals surface area contributed by atoms with E-state index in [1.165, 1.54) is 0 Å². The number of benzene rings is 1. The van der Waals surface area contributed by atoms with Gasteiger partial charge in [-0.1, -0.05) is 40.6 Å². The minimum atomic E-state index is -3.56. The van der Waals surface area contributed by atoms with Crippen molar-refractivity contribution in [2.24, 2.45) is 0 Å². The molecule has 2 heterocycles. The fraction of sp³-hybridized carbons (Fsp3) is 0.333. The molecule has 1 aliphatic rings. The Morgan fingerprint density at radius 1 is 1.15 bits per heavy atom. The molecule has 3 aromatic rings. The molecule has 0 unspecified atom stereocenters. The van der Waals surface area contributed by atoms with Gasteiger partial charge in [-0.2, -0.15) is 0 Å². The third-order valence-electron chi connectivity index (χ3n) is 4.42. The normalized spacial score (nSPS) is 14.7. The highest BCUT2D eigenvalue weighted by molar-refractivity contribution is 7.88. The largest absolute Gasteiger partial charge is 0.360 e. The zero-order valence-electron chi connectivity index (χ0n) is 14.3. The number of nitrogens with zero attached hydrogens (tertiary/aromatic N) is 2. The van der Waals surface area contributed by atoms with Gasteiger partial charge in [0, 0.05) is 23.1 Å². The van der Waals surface area contributed by atoms with Gasteiger partial charge in [-0.25, -0.2) is 13.1 Å². The van der Waals surface area contributed by atoms with E-state index in [0.717, 1.165) is 29.7 Å². The lowest BCUT2D eigenvalue weighted by Crippen LogP contribution is -2.25. The fourth-order valence-electron chi connectivity index (χ4n) is 2.78. The fourth-order valence-corrected chi connectivity index (χ4v) is 3.75. The van der Waals surface area contributed by atoms with Gasteiger partial charge in [-0.05, 0) is 19.8 Å². The molecule has 0 aliphatic heterocycles. The van der Waals surface area contributed by atoms with Crippen molar-refractivity contribution in [3.63, 3.8) is 0 Å². The molecule has 1 fully saturated rings. The number of hydrogen-bond donors (Lipinski definition) is 1. The second kappa shape index (κ2) is 6.69. The second-order valence-corrected chi connectivity index (χ2v) is 8.33. The lowest BCUT2D eigenvalue weighted by molar-refractivity contribution is 0.386. The Bertz CT molecular complexity index is 1000. The molecule has 0 spiro atoms. The zero-order valence-corrected chi connectivity index (χ0v) is 15.1. The summed E-state index contributed by atoms with van der Waals surface area (Å²) in [7, 11) is -3.56. The van der Waals surface area contributed by atoms with Crippen LogP contribution in [0.1, 0.15) is 41.5 Å². The standard InChI is InChI=1S/C18H19N3O4S/c1-12-17(21-25-18(12)14-5-3-2-4-6-14)10-19-26(22,23)11-15-9-16(20-24-15)13-7-8-13/h2-6,9,13,19H,7-8,10-11H2,1H3. The summed E-state index contributed by atoms with van der Waals surface area (Å²) in [4.78, 5) is 0. The summed E-state index contributed by atoms with van der Waals surface area (Å²) >= 11 is 0. The first-order chi connectivity index (χ1) is 12.5. The van der Waals surface area contributed by atoms with Crippen LogP contribution in [0.25, 0.3) is 11.3 Å². The zero-order chi connectivity index (χ0) is 18.1. The predicted octanol–water partition coefficient (Wildman–Crippen LogP) is 3.14. The van der Waals surface area contributed by atoms with E-state index >= 15 is 0 Å². The summed E-state index contributed by atoms with van der Waals surface area (Å²) in [6.07, 6.45) is 2.18. The molecular weight excluding hydrogens is 354 g/mol. The van der Waals surface area contributed by atoms with Gasteiger partial charge in [0.05, 0.1) is 12.2 Å². The molecule has 0 bridgehead atoms. The molecule has 1 saturated carbocycles. The minimum Gasteiger partial charge on any atom is -0.360 e. The maximum atomic E-state index is 12.3. The van der Waals surface area contributed by atoms with Crippen LogP contribution in [-0.2, 0) is 22.3 Å². The van der Waals surface area contributed by atoms with E-state index in [2.05, 4.69) is 15.0 Å². The van der Waals surface area contributed by atoms with E-state index < -0.39 is 10.0 Å². The average Bonchev–Trinajstić information content (AvgIpc) is 3.27. The van der Waals surface area contributed by atoms with Gasteiger partial charge in [0.1, 0.15) is 11.4 Å². The molecular formula is C18H19N3O4S. The molecule has 1 N–H and O–H groups in total. The van der Waals surface area contributed by atoms with Gasteiger partial charge in [0.15, 0.2) is 11.5 Å². The molecule has 0 atom stereocenters. The van der Waals surface area contributed by atoms with Crippen LogP contribution in [0.3, 0.4) is 0 Å². The molecule has 0 amide bonds. The van der Waals surface area contributed by atoms with E-state index in [1.54, 1.807) is 6.07 Å². The topological polar surface area (TPSA) is 98.2 Å². The quantitative estimate of drug-likeness (QED) is 0.683. The van der Waals surface area contributed by atoms with Gasteiger partial charge in [-0.15, -0.1) is 0 Å². The lowest BCUT2D eigenvalue weighted by atomic mass is 10.1. The highest BCUT2D eigenvalue weighted by Gasteiger charge is 2.28. The molecule has 136 valence electrons. The molecule has 26 heavy (non-hydrogen) atoms. The first-order valence-electron chi connectivity index (χ1n) is 8.45. The molecule has 4 rings (SSSR count). The Hall–Kier alpha value is -2.45. The molecule has 1 aliphatic carbocycles. The van der Waals surface area contributed by atoms with Crippen LogP contribution >= 0.6 is 0 Å². The second-order valence-electron chi connectivity index (χ2n) is 6.52. The van der Waals surface area contributed by atoms with E-state index in [9.17, 15) is 8.42 Å². The molecule has 8 heteroatoms. The van der Waals surface area contributed by atoms with Crippen molar-refractivity contribution < 1.29 is 17.5 Å². The van der Waals surface area contributed by atoms with Crippen molar-refractivity contribution in [2.75, 3.05) is 0 Å². The number of sulfonamides is 1. The molecule has 0 radical (unpaired) electrons. The van der Waals surface area contributed by atoms with Crippen LogP contribution in [0.15, 0.2) is 45.4 Å². The highest BCUT2D eigenvalue weighted by Crippen LogP contribution is 2.39. The number of aromatic nitrogens is 2. The molecule has 0 saturated heterocycles. The first-order valence-corrected chi connectivity index (χ1v) is 10.1. The Morgan fingerprint density at radius 2 is 1.92 bits per heavy atom. The van der Waals surface area contributed by atoms with Crippen LogP contribution in [0.5, 0.6) is 0 Å². The van der Waals surface area contributed by atoms with Gasteiger partial charge in [-0.3, -0.25) is 0 Å². The van der Waals surface area contributed by atoms with E-state index in [4.69, 9.17) is 9.05 Å². The summed E-state index contributed by atoms with van der Waals surface area (Å²) in [6, 6.07) is 11.3. The van der Waals surface area contributed by atoms with Crippen LogP contribution in [0.4, 0.5) is 0 Å². The summed E-state index contributed by atoms with van der Waals surface area (Å²) in [5.41, 5.74) is 3.12. The van der Waals surface area contributed by atoms with Gasteiger partial charge < -0.3 is 9.05 Å². The molecule has 7 nitrogen and oxygen atoms in total. The predicted molar refractivity (Wildman–Crippen MR) is 94.6 cm³/mol. The Kier molecular flexibility index (Phi) is 4.37. The van der Waals surface area contributed by atoms with Gasteiger partial charge in [0.2, 0.25) is 10.0 Å². The number of hydrogen-bond acceptors (Lipinski definition) is 6. The first kappa shape index (κ1) is 17.0. The van der Waals surface area contributed by atoms with Crippen molar-refractivity contribution in [1.82, 2.24) is 15.0 Å². The number of nitrogens with one attached hydrogen (secondary N) is 1. The van der Waals surface area contributed by atoms with E-state index in [-0.39, 0.29) is 12.3 Å². The lowest BCUT2D eigenvalue weighted by Gasteiger charge is -2.03. The van der Waals surface area contributed by atoms with Gasteiger partial charge >= 0.3 is 0 Å². The minimum absolute atomic E-state index is 0.0636. The van der Waals surface area contributed by atoms with Crippen molar-refractivity contribution in [3.05, 3.63) is 59.1 Å². The maximum Gasteiger partial charge on any atom is 0.219 e. The SMILES string of the molecule is Cc1c(CNS(=O)(=O)Cc2cc(C3CC3)no2)noc1-c1ccccc1. The summed E-state index contributed by atoms with van der Waals surface area (Å²) < 4.78 is 37.7.